The van der Waals surface area contributed by atoms with Gasteiger partial charge in [-0.15, -0.1) is 0 Å². The van der Waals surface area contributed by atoms with Gasteiger partial charge in [-0.2, -0.15) is 13.2 Å². The van der Waals surface area contributed by atoms with Gasteiger partial charge in [0.2, 0.25) is 17.6 Å². The van der Waals surface area contributed by atoms with Crippen LogP contribution in [0.2, 0.25) is 0 Å². The van der Waals surface area contributed by atoms with Crippen LogP contribution in [0.4, 0.5) is 13.2 Å². The number of piperidine rings is 1. The number of fused-ring (bicyclic) bond motifs is 1. The van der Waals surface area contributed by atoms with Crippen LogP contribution in [-0.4, -0.2) is 57.3 Å². The summed E-state index contributed by atoms with van der Waals surface area (Å²) in [7, 11) is 0. The average molecular weight is 491 g/mol. The number of hydrogen-bond acceptors (Lipinski definition) is 7. The third kappa shape index (κ3) is 4.88. The second-order valence-electron chi connectivity index (χ2n) is 7.91. The summed E-state index contributed by atoms with van der Waals surface area (Å²) in [6.45, 7) is 0.853. The molecular formula is C22H20F3N5O5. The molecule has 4 rings (SSSR count). The molecule has 0 radical (unpaired) electrons. The molecule has 1 aliphatic heterocycles. The molecule has 0 saturated carbocycles. The summed E-state index contributed by atoms with van der Waals surface area (Å²) in [4.78, 5) is 46.0. The number of nitrogens with two attached hydrogens (primary N) is 1. The Morgan fingerprint density at radius 1 is 1.09 bits per heavy atom. The Labute approximate surface area is 195 Å². The normalized spacial score (nSPS) is 14.2. The Morgan fingerprint density at radius 3 is 2.46 bits per heavy atom. The number of alkyl halides is 3. The predicted octanol–water partition coefficient (Wildman–Crippen LogP) is 2.46. The number of amides is 3. The van der Waals surface area contributed by atoms with E-state index in [1.807, 2.05) is 0 Å². The first-order valence-corrected chi connectivity index (χ1v) is 10.6. The van der Waals surface area contributed by atoms with E-state index in [0.717, 1.165) is 31.4 Å². The number of phenolic OH excluding ortho intramolecular Hbond substituents is 1. The second kappa shape index (κ2) is 9.24. The number of rotatable bonds is 5. The zero-order valence-electron chi connectivity index (χ0n) is 18.2. The van der Waals surface area contributed by atoms with Crippen molar-refractivity contribution in [1.82, 2.24) is 20.2 Å². The largest absolute Gasteiger partial charge is 0.506 e. The molecule has 0 aliphatic carbocycles. The number of oxazole rings is 1. The number of benzene rings is 1. The summed E-state index contributed by atoms with van der Waals surface area (Å²) in [5.74, 6) is -3.72. The number of halogens is 3. The monoisotopic (exact) mass is 491 g/mol. The van der Waals surface area contributed by atoms with Crippen LogP contribution in [0.25, 0.3) is 22.4 Å². The van der Waals surface area contributed by atoms with Crippen LogP contribution in [-0.2, 0) is 11.0 Å². The van der Waals surface area contributed by atoms with Crippen molar-refractivity contribution in [3.63, 3.8) is 0 Å². The minimum atomic E-state index is -4.74. The van der Waals surface area contributed by atoms with Gasteiger partial charge in [-0.1, -0.05) is 0 Å². The van der Waals surface area contributed by atoms with Gasteiger partial charge in [0.15, 0.2) is 5.69 Å². The summed E-state index contributed by atoms with van der Waals surface area (Å²) >= 11 is 0. The zero-order valence-corrected chi connectivity index (χ0v) is 18.2. The summed E-state index contributed by atoms with van der Waals surface area (Å²) < 4.78 is 44.5. The van der Waals surface area contributed by atoms with Crippen LogP contribution >= 0.6 is 0 Å². The number of pyridine rings is 1. The van der Waals surface area contributed by atoms with E-state index in [9.17, 15) is 32.7 Å². The van der Waals surface area contributed by atoms with Crippen LogP contribution in [0.3, 0.4) is 0 Å². The fraction of sp³-hybridized carbons (Fsp3) is 0.318. The first-order chi connectivity index (χ1) is 16.6. The molecule has 2 aromatic heterocycles. The van der Waals surface area contributed by atoms with Gasteiger partial charge in [0.1, 0.15) is 17.0 Å². The lowest BCUT2D eigenvalue weighted by Crippen LogP contribution is -2.42. The summed E-state index contributed by atoms with van der Waals surface area (Å²) in [6.07, 6.45) is -1.97. The topological polar surface area (TPSA) is 152 Å². The SMILES string of the molecule is NC(=O)c1oc(-c2ccc(O)c3nc(C(F)(F)F)ccc23)nc1C(=O)NCC(=O)N1CCCCC1. The van der Waals surface area contributed by atoms with Crippen molar-refractivity contribution >= 4 is 28.6 Å². The summed E-state index contributed by atoms with van der Waals surface area (Å²) in [6, 6.07) is 4.13. The van der Waals surface area contributed by atoms with E-state index in [2.05, 4.69) is 15.3 Å². The highest BCUT2D eigenvalue weighted by Gasteiger charge is 2.33. The van der Waals surface area contributed by atoms with Crippen LogP contribution in [0.5, 0.6) is 5.75 Å². The van der Waals surface area contributed by atoms with Gasteiger partial charge in [0, 0.05) is 24.0 Å². The molecule has 1 fully saturated rings. The van der Waals surface area contributed by atoms with Gasteiger partial charge in [-0.05, 0) is 43.5 Å². The molecule has 1 aliphatic rings. The molecule has 3 amide bonds. The zero-order chi connectivity index (χ0) is 25.3. The fourth-order valence-corrected chi connectivity index (χ4v) is 3.80. The standard InChI is InChI=1S/C22H20F3N5O5/c23-22(24,25)14-7-5-11-12(4-6-13(31)16(11)28-14)21-29-17(18(35-21)19(26)33)20(34)27-10-15(32)30-8-2-1-3-9-30/h4-7,31H,1-3,8-10H2,(H2,26,33)(H,27,34). The maximum Gasteiger partial charge on any atom is 0.433 e. The summed E-state index contributed by atoms with van der Waals surface area (Å²) in [5.41, 5.74) is 3.29. The number of carbonyl (C=O) groups is 3. The van der Waals surface area contributed by atoms with Crippen molar-refractivity contribution in [2.24, 2.45) is 5.73 Å². The molecule has 184 valence electrons. The molecule has 10 nitrogen and oxygen atoms in total. The van der Waals surface area contributed by atoms with Crippen LogP contribution in [0, 0.1) is 0 Å². The highest BCUT2D eigenvalue weighted by Crippen LogP contribution is 2.36. The molecule has 3 aromatic rings. The molecule has 3 heterocycles. The quantitative estimate of drug-likeness (QED) is 0.496. The van der Waals surface area contributed by atoms with E-state index in [-0.39, 0.29) is 34.8 Å². The first-order valence-electron chi connectivity index (χ1n) is 10.6. The van der Waals surface area contributed by atoms with E-state index >= 15 is 0 Å². The van der Waals surface area contributed by atoms with Gasteiger partial charge in [-0.25, -0.2) is 9.97 Å². The highest BCUT2D eigenvalue weighted by atomic mass is 19.4. The minimum absolute atomic E-state index is 0.0301. The second-order valence-corrected chi connectivity index (χ2v) is 7.91. The minimum Gasteiger partial charge on any atom is -0.506 e. The molecule has 0 unspecified atom stereocenters. The van der Waals surface area contributed by atoms with E-state index < -0.39 is 40.9 Å². The molecule has 35 heavy (non-hydrogen) atoms. The molecule has 1 aromatic carbocycles. The molecule has 0 spiro atoms. The van der Waals surface area contributed by atoms with Crippen LogP contribution in [0.15, 0.2) is 28.7 Å². The third-order valence-electron chi connectivity index (χ3n) is 5.53. The van der Waals surface area contributed by atoms with Crippen molar-refractivity contribution < 1.29 is 37.1 Å². The number of primary amides is 1. The highest BCUT2D eigenvalue weighted by molar-refractivity contribution is 6.05. The lowest BCUT2D eigenvalue weighted by Gasteiger charge is -2.26. The molecule has 4 N–H and O–H groups in total. The van der Waals surface area contributed by atoms with Crippen LogP contribution in [0.1, 0.15) is 46.0 Å². The van der Waals surface area contributed by atoms with Gasteiger partial charge in [-0.3, -0.25) is 14.4 Å². The summed E-state index contributed by atoms with van der Waals surface area (Å²) in [5, 5.41) is 12.5. The molecule has 0 bridgehead atoms. The number of hydrogen-bond donors (Lipinski definition) is 3. The number of aromatic nitrogens is 2. The van der Waals surface area contributed by atoms with Crippen molar-refractivity contribution in [1.29, 1.82) is 0 Å². The number of carbonyl (C=O) groups excluding carboxylic acids is 3. The van der Waals surface area contributed by atoms with Gasteiger partial charge >= 0.3 is 6.18 Å². The van der Waals surface area contributed by atoms with Crippen molar-refractivity contribution in [2.75, 3.05) is 19.6 Å². The molecule has 1 saturated heterocycles. The molecule has 13 heteroatoms. The maximum atomic E-state index is 13.1. The van der Waals surface area contributed by atoms with Gasteiger partial charge < -0.3 is 25.5 Å². The first kappa shape index (κ1) is 24.0. The van der Waals surface area contributed by atoms with E-state index in [1.54, 1.807) is 4.90 Å². The van der Waals surface area contributed by atoms with Crippen molar-refractivity contribution in [2.45, 2.75) is 25.4 Å². The average Bonchev–Trinajstić information content (AvgIpc) is 3.28. The van der Waals surface area contributed by atoms with Crippen molar-refractivity contribution in [3.8, 4) is 17.2 Å². The number of phenols is 1. The smallest absolute Gasteiger partial charge is 0.433 e. The van der Waals surface area contributed by atoms with E-state index in [0.29, 0.717) is 19.2 Å². The predicted molar refractivity (Wildman–Crippen MR) is 115 cm³/mol. The molecule has 0 atom stereocenters. The number of nitrogens with zero attached hydrogens (tertiary/aromatic N) is 3. The van der Waals surface area contributed by atoms with Crippen molar-refractivity contribution in [3.05, 3.63) is 41.4 Å². The third-order valence-corrected chi connectivity index (χ3v) is 5.53. The van der Waals surface area contributed by atoms with Crippen LogP contribution < -0.4 is 11.1 Å². The van der Waals surface area contributed by atoms with E-state index in [1.165, 1.54) is 6.07 Å². The Morgan fingerprint density at radius 2 is 1.80 bits per heavy atom. The number of nitrogens with one attached hydrogen (secondary N) is 1. The lowest BCUT2D eigenvalue weighted by molar-refractivity contribution is -0.141. The van der Waals surface area contributed by atoms with E-state index in [4.69, 9.17) is 10.2 Å². The number of aromatic hydroxyl groups is 1. The lowest BCUT2D eigenvalue weighted by atomic mass is 10.1. The Hall–Kier alpha value is -4.16. The Bertz CT molecular complexity index is 1310. The van der Waals surface area contributed by atoms with Gasteiger partial charge in [0.05, 0.1) is 6.54 Å². The maximum absolute atomic E-state index is 13.1. The van der Waals surface area contributed by atoms with Gasteiger partial charge in [0.25, 0.3) is 11.8 Å². The molecular weight excluding hydrogens is 471 g/mol. The Kier molecular flexibility index (Phi) is 6.33. The Balaban J connectivity index is 1.65. The number of likely N-dealkylation sites (tertiary alicyclic amines) is 1. The fourth-order valence-electron chi connectivity index (χ4n) is 3.80.